The van der Waals surface area contributed by atoms with Crippen LogP contribution in [0.3, 0.4) is 0 Å². The third-order valence-electron chi connectivity index (χ3n) is 2.37. The van der Waals surface area contributed by atoms with Crippen molar-refractivity contribution in [3.05, 3.63) is 22.4 Å². The van der Waals surface area contributed by atoms with Crippen LogP contribution in [0.1, 0.15) is 30.1 Å². The number of hydrogen-bond acceptors (Lipinski definition) is 3. The summed E-state index contributed by atoms with van der Waals surface area (Å²) in [6.07, 6.45) is 2.46. The van der Waals surface area contributed by atoms with E-state index in [1.165, 1.54) is 11.3 Å². The van der Waals surface area contributed by atoms with Gasteiger partial charge in [-0.2, -0.15) is 5.26 Å². The molecule has 78 valence electrons. The summed E-state index contributed by atoms with van der Waals surface area (Å²) in [4.78, 5) is 12.5. The number of nitrogens with zero attached hydrogens (tertiary/aromatic N) is 1. The van der Waals surface area contributed by atoms with Crippen LogP contribution in [-0.4, -0.2) is 11.9 Å². The van der Waals surface area contributed by atoms with Crippen molar-refractivity contribution in [3.8, 4) is 6.07 Å². The second-order valence-corrected chi connectivity index (χ2v) is 4.72. The molecule has 3 nitrogen and oxygen atoms in total. The molecular formula is C11H12N2OS. The van der Waals surface area contributed by atoms with E-state index in [0.29, 0.717) is 6.04 Å². The summed E-state index contributed by atoms with van der Waals surface area (Å²) in [6, 6.07) is 6.37. The van der Waals surface area contributed by atoms with E-state index in [0.717, 1.165) is 17.7 Å². The first-order valence-electron chi connectivity index (χ1n) is 5.02. The summed E-state index contributed by atoms with van der Waals surface area (Å²) < 4.78 is 0. The van der Waals surface area contributed by atoms with Crippen LogP contribution >= 0.6 is 11.3 Å². The highest BCUT2D eigenvalue weighted by Crippen LogP contribution is 2.25. The predicted molar refractivity (Wildman–Crippen MR) is 58.5 cm³/mol. The molecule has 1 fully saturated rings. The Morgan fingerprint density at radius 1 is 1.73 bits per heavy atom. The number of thiophene rings is 1. The Kier molecular flexibility index (Phi) is 3.02. The van der Waals surface area contributed by atoms with Gasteiger partial charge in [-0.1, -0.05) is 6.07 Å². The fraction of sp³-hybridized carbons (Fsp3) is 0.455. The fourth-order valence-corrected chi connectivity index (χ4v) is 2.17. The number of carbonyl (C=O) groups excluding carboxylic acids is 1. The van der Waals surface area contributed by atoms with Crippen molar-refractivity contribution >= 4 is 17.2 Å². The predicted octanol–water partition coefficient (Wildman–Crippen LogP) is 2.02. The van der Waals surface area contributed by atoms with Gasteiger partial charge in [-0.05, 0) is 24.3 Å². The summed E-state index contributed by atoms with van der Waals surface area (Å²) >= 11 is 1.53. The van der Waals surface area contributed by atoms with Crippen LogP contribution in [0.15, 0.2) is 17.5 Å². The molecule has 1 aliphatic carbocycles. The molecule has 1 aromatic heterocycles. The van der Waals surface area contributed by atoms with E-state index in [-0.39, 0.29) is 18.2 Å². The van der Waals surface area contributed by atoms with Crippen molar-refractivity contribution in [2.75, 3.05) is 0 Å². The SMILES string of the molecule is N#CC(CC(=O)NC1CC1)c1cccs1. The summed E-state index contributed by atoms with van der Waals surface area (Å²) in [7, 11) is 0. The molecule has 15 heavy (non-hydrogen) atoms. The molecular weight excluding hydrogens is 208 g/mol. The molecule has 4 heteroatoms. The van der Waals surface area contributed by atoms with Crippen LogP contribution in [0, 0.1) is 11.3 Å². The van der Waals surface area contributed by atoms with Crippen LogP contribution in [-0.2, 0) is 4.79 Å². The lowest BCUT2D eigenvalue weighted by molar-refractivity contribution is -0.121. The smallest absolute Gasteiger partial charge is 0.221 e. The lowest BCUT2D eigenvalue weighted by atomic mass is 10.1. The van der Waals surface area contributed by atoms with Gasteiger partial charge in [0.25, 0.3) is 0 Å². The molecule has 1 saturated carbocycles. The van der Waals surface area contributed by atoms with Crippen molar-refractivity contribution in [3.63, 3.8) is 0 Å². The lowest BCUT2D eigenvalue weighted by Crippen LogP contribution is -2.26. The van der Waals surface area contributed by atoms with Crippen molar-refractivity contribution in [1.29, 1.82) is 5.26 Å². The molecule has 1 amide bonds. The molecule has 1 heterocycles. The molecule has 0 bridgehead atoms. The summed E-state index contributed by atoms with van der Waals surface area (Å²) in [5.74, 6) is -0.291. The van der Waals surface area contributed by atoms with Crippen molar-refractivity contribution in [2.45, 2.75) is 31.2 Å². The van der Waals surface area contributed by atoms with Crippen LogP contribution in [0.2, 0.25) is 0 Å². The number of rotatable bonds is 4. The Bertz CT molecular complexity index is 376. The molecule has 1 aromatic rings. The van der Waals surface area contributed by atoms with E-state index in [1.54, 1.807) is 0 Å². The second kappa shape index (κ2) is 4.45. The maximum Gasteiger partial charge on any atom is 0.221 e. The average molecular weight is 220 g/mol. The van der Waals surface area contributed by atoms with E-state index in [2.05, 4.69) is 11.4 Å². The first-order valence-corrected chi connectivity index (χ1v) is 5.90. The number of hydrogen-bond donors (Lipinski definition) is 1. The van der Waals surface area contributed by atoms with E-state index >= 15 is 0 Å². The Balaban J connectivity index is 1.90. The quantitative estimate of drug-likeness (QED) is 0.844. The first kappa shape index (κ1) is 10.2. The highest BCUT2D eigenvalue weighted by atomic mass is 32.1. The fourth-order valence-electron chi connectivity index (χ4n) is 1.40. The molecule has 0 spiro atoms. The maximum atomic E-state index is 11.5. The van der Waals surface area contributed by atoms with Crippen molar-refractivity contribution in [1.82, 2.24) is 5.32 Å². The molecule has 0 aromatic carbocycles. The summed E-state index contributed by atoms with van der Waals surface area (Å²) in [6.45, 7) is 0. The van der Waals surface area contributed by atoms with Crippen LogP contribution in [0.25, 0.3) is 0 Å². The topological polar surface area (TPSA) is 52.9 Å². The van der Waals surface area contributed by atoms with Crippen molar-refractivity contribution in [2.24, 2.45) is 0 Å². The first-order chi connectivity index (χ1) is 7.29. The minimum absolute atomic E-state index is 0.00236. The maximum absolute atomic E-state index is 11.5. The number of carbonyl (C=O) groups is 1. The van der Waals surface area contributed by atoms with Crippen LogP contribution in [0.5, 0.6) is 0 Å². The van der Waals surface area contributed by atoms with Gasteiger partial charge < -0.3 is 5.32 Å². The third-order valence-corrected chi connectivity index (χ3v) is 3.36. The minimum Gasteiger partial charge on any atom is -0.353 e. The highest BCUT2D eigenvalue weighted by Gasteiger charge is 2.25. The molecule has 1 N–H and O–H groups in total. The zero-order chi connectivity index (χ0) is 10.7. The van der Waals surface area contributed by atoms with Gasteiger partial charge in [0, 0.05) is 17.3 Å². The summed E-state index contributed by atoms with van der Waals surface area (Å²) in [5.41, 5.74) is 0. The molecule has 0 aliphatic heterocycles. The van der Waals surface area contributed by atoms with Gasteiger partial charge in [-0.15, -0.1) is 11.3 Å². The van der Waals surface area contributed by atoms with Gasteiger partial charge >= 0.3 is 0 Å². The number of amides is 1. The minimum atomic E-state index is -0.288. The lowest BCUT2D eigenvalue weighted by Gasteiger charge is -2.06. The van der Waals surface area contributed by atoms with Gasteiger partial charge in [-0.25, -0.2) is 0 Å². The Morgan fingerprint density at radius 3 is 3.07 bits per heavy atom. The van der Waals surface area contributed by atoms with Gasteiger partial charge in [0.05, 0.1) is 12.0 Å². The molecule has 0 radical (unpaired) electrons. The molecule has 1 unspecified atom stereocenters. The van der Waals surface area contributed by atoms with E-state index < -0.39 is 0 Å². The average Bonchev–Trinajstić information content (AvgIpc) is 2.86. The Labute approximate surface area is 92.7 Å². The zero-order valence-corrected chi connectivity index (χ0v) is 9.09. The Hall–Kier alpha value is -1.34. The van der Waals surface area contributed by atoms with E-state index in [4.69, 9.17) is 5.26 Å². The second-order valence-electron chi connectivity index (χ2n) is 3.74. The van der Waals surface area contributed by atoms with Gasteiger partial charge in [-0.3, -0.25) is 4.79 Å². The molecule has 2 rings (SSSR count). The third kappa shape index (κ3) is 2.80. The monoisotopic (exact) mass is 220 g/mol. The molecule has 1 aliphatic rings. The summed E-state index contributed by atoms with van der Waals surface area (Å²) in [5, 5.41) is 13.8. The normalized spacial score (nSPS) is 16.7. The zero-order valence-electron chi connectivity index (χ0n) is 8.27. The number of nitriles is 1. The standard InChI is InChI=1S/C11H12N2OS/c12-7-8(10-2-1-5-15-10)6-11(14)13-9-3-4-9/h1-2,5,8-9H,3-4,6H2,(H,13,14). The van der Waals surface area contributed by atoms with E-state index in [9.17, 15) is 4.79 Å². The van der Waals surface area contributed by atoms with Gasteiger partial charge in [0.1, 0.15) is 0 Å². The largest absolute Gasteiger partial charge is 0.353 e. The van der Waals surface area contributed by atoms with Gasteiger partial charge in [0.2, 0.25) is 5.91 Å². The Morgan fingerprint density at radius 2 is 2.53 bits per heavy atom. The highest BCUT2D eigenvalue weighted by molar-refractivity contribution is 7.10. The van der Waals surface area contributed by atoms with Crippen molar-refractivity contribution < 1.29 is 4.79 Å². The molecule has 1 atom stereocenters. The molecule has 0 saturated heterocycles. The van der Waals surface area contributed by atoms with Gasteiger partial charge in [0.15, 0.2) is 0 Å². The number of nitrogens with one attached hydrogen (secondary N) is 1. The van der Waals surface area contributed by atoms with Crippen LogP contribution in [0.4, 0.5) is 0 Å². The van der Waals surface area contributed by atoms with E-state index in [1.807, 2.05) is 17.5 Å². The van der Waals surface area contributed by atoms with Crippen LogP contribution < -0.4 is 5.32 Å².